The van der Waals surface area contributed by atoms with Gasteiger partial charge in [-0.05, 0) is 6.07 Å². The average Bonchev–Trinajstić information content (AvgIpc) is 1.94. The average molecular weight is 194 g/mol. The van der Waals surface area contributed by atoms with Crippen molar-refractivity contribution in [2.45, 2.75) is 6.54 Å². The third-order valence-electron chi connectivity index (χ3n) is 1.22. The molecule has 0 unspecified atom stereocenters. The molecule has 0 bridgehead atoms. The lowest BCUT2D eigenvalue weighted by molar-refractivity contribution is 0.732. The molecule has 0 aliphatic rings. The molecule has 0 aromatic carbocycles. The standard InChI is InChI=1S/C7H8ClNO.ClH/c8-4-6-9-5-2-1-3-7(9)10;/h1-3,5H,4,6H2;1H. The summed E-state index contributed by atoms with van der Waals surface area (Å²) in [6.07, 6.45) is 1.73. The molecule has 2 nitrogen and oxygen atoms in total. The fraction of sp³-hybridized carbons (Fsp3) is 0.286. The van der Waals surface area contributed by atoms with Crippen molar-refractivity contribution in [3.05, 3.63) is 34.7 Å². The number of hydrogen-bond donors (Lipinski definition) is 0. The van der Waals surface area contributed by atoms with Crippen LogP contribution in [0.25, 0.3) is 0 Å². The van der Waals surface area contributed by atoms with E-state index in [0.29, 0.717) is 12.4 Å². The molecule has 1 rings (SSSR count). The molecule has 0 aliphatic heterocycles. The maximum atomic E-state index is 10.9. The van der Waals surface area contributed by atoms with Crippen LogP contribution >= 0.6 is 24.0 Å². The number of rotatable bonds is 2. The number of alkyl halides is 1. The zero-order chi connectivity index (χ0) is 7.40. The van der Waals surface area contributed by atoms with Crippen molar-refractivity contribution < 1.29 is 0 Å². The van der Waals surface area contributed by atoms with Gasteiger partial charge in [-0.25, -0.2) is 0 Å². The minimum Gasteiger partial charge on any atom is -0.314 e. The summed E-state index contributed by atoms with van der Waals surface area (Å²) in [6.45, 7) is 0.585. The smallest absolute Gasteiger partial charge is 0.250 e. The van der Waals surface area contributed by atoms with E-state index >= 15 is 0 Å². The number of hydrogen-bond acceptors (Lipinski definition) is 1. The van der Waals surface area contributed by atoms with E-state index in [-0.39, 0.29) is 18.0 Å². The Hall–Kier alpha value is -0.470. The van der Waals surface area contributed by atoms with Crippen molar-refractivity contribution in [1.29, 1.82) is 0 Å². The van der Waals surface area contributed by atoms with E-state index in [4.69, 9.17) is 11.6 Å². The van der Waals surface area contributed by atoms with E-state index in [9.17, 15) is 4.79 Å². The topological polar surface area (TPSA) is 22.0 Å². The first-order valence-corrected chi connectivity index (χ1v) is 3.59. The number of nitrogens with zero attached hydrogens (tertiary/aromatic N) is 1. The van der Waals surface area contributed by atoms with E-state index in [1.165, 1.54) is 6.07 Å². The van der Waals surface area contributed by atoms with Gasteiger partial charge in [-0.3, -0.25) is 4.79 Å². The van der Waals surface area contributed by atoms with Crippen LogP contribution in [0.3, 0.4) is 0 Å². The molecule has 1 heterocycles. The number of halogens is 2. The molecule has 11 heavy (non-hydrogen) atoms. The van der Waals surface area contributed by atoms with E-state index < -0.39 is 0 Å². The first kappa shape index (κ1) is 10.5. The van der Waals surface area contributed by atoms with Crippen LogP contribution < -0.4 is 5.56 Å². The Morgan fingerprint density at radius 2 is 2.18 bits per heavy atom. The first-order valence-electron chi connectivity index (χ1n) is 3.06. The Balaban J connectivity index is 0.000001000. The summed E-state index contributed by atoms with van der Waals surface area (Å²) in [5, 5.41) is 0. The molecule has 0 saturated heterocycles. The van der Waals surface area contributed by atoms with E-state index in [2.05, 4.69) is 0 Å². The Morgan fingerprint density at radius 1 is 1.45 bits per heavy atom. The summed E-state index contributed by atoms with van der Waals surface area (Å²) in [4.78, 5) is 10.9. The van der Waals surface area contributed by atoms with Crippen LogP contribution in [0.1, 0.15) is 0 Å². The largest absolute Gasteiger partial charge is 0.314 e. The van der Waals surface area contributed by atoms with Gasteiger partial charge < -0.3 is 4.57 Å². The molecule has 0 fully saturated rings. The number of pyridine rings is 1. The molecule has 1 aromatic rings. The molecule has 62 valence electrons. The monoisotopic (exact) mass is 193 g/mol. The van der Waals surface area contributed by atoms with Crippen LogP contribution in [0, 0.1) is 0 Å². The summed E-state index contributed by atoms with van der Waals surface area (Å²) in [5.41, 5.74) is 0.00292. The normalized spacial score (nSPS) is 8.82. The van der Waals surface area contributed by atoms with Crippen molar-refractivity contribution >= 4 is 24.0 Å². The number of aryl methyl sites for hydroxylation is 1. The second-order valence-corrected chi connectivity index (χ2v) is 2.30. The second-order valence-electron chi connectivity index (χ2n) is 1.92. The molecule has 0 amide bonds. The SMILES string of the molecule is Cl.O=c1ccccn1CCCl. The van der Waals surface area contributed by atoms with Gasteiger partial charge in [0.2, 0.25) is 0 Å². The Morgan fingerprint density at radius 3 is 2.73 bits per heavy atom. The van der Waals surface area contributed by atoms with Gasteiger partial charge >= 0.3 is 0 Å². The summed E-state index contributed by atoms with van der Waals surface area (Å²) in [6, 6.07) is 5.05. The second kappa shape index (κ2) is 5.22. The fourth-order valence-corrected chi connectivity index (χ4v) is 0.919. The molecule has 0 saturated carbocycles. The van der Waals surface area contributed by atoms with Gasteiger partial charge in [0.15, 0.2) is 0 Å². The summed E-state index contributed by atoms with van der Waals surface area (Å²) < 4.78 is 1.58. The highest BCUT2D eigenvalue weighted by atomic mass is 35.5. The van der Waals surface area contributed by atoms with Crippen LogP contribution in [-0.2, 0) is 6.54 Å². The molecule has 4 heteroatoms. The Kier molecular flexibility index (Phi) is 4.99. The van der Waals surface area contributed by atoms with Crippen LogP contribution in [0.5, 0.6) is 0 Å². The quantitative estimate of drug-likeness (QED) is 0.654. The van der Waals surface area contributed by atoms with Gasteiger partial charge in [0.25, 0.3) is 5.56 Å². The van der Waals surface area contributed by atoms with Gasteiger partial charge in [-0.1, -0.05) is 6.07 Å². The van der Waals surface area contributed by atoms with Crippen molar-refractivity contribution in [2.75, 3.05) is 5.88 Å². The van der Waals surface area contributed by atoms with Crippen LogP contribution in [0.15, 0.2) is 29.2 Å². The molecule has 0 spiro atoms. The highest BCUT2D eigenvalue weighted by molar-refractivity contribution is 6.17. The maximum Gasteiger partial charge on any atom is 0.250 e. The number of aromatic nitrogens is 1. The maximum absolute atomic E-state index is 10.9. The summed E-state index contributed by atoms with van der Waals surface area (Å²) in [5.74, 6) is 0.476. The zero-order valence-electron chi connectivity index (χ0n) is 5.87. The zero-order valence-corrected chi connectivity index (χ0v) is 7.44. The lowest BCUT2D eigenvalue weighted by Crippen LogP contribution is -2.18. The Bertz CT molecular complexity index is 259. The first-order chi connectivity index (χ1) is 4.84. The minimum atomic E-state index is 0. The summed E-state index contributed by atoms with van der Waals surface area (Å²) >= 11 is 5.45. The molecule has 0 atom stereocenters. The van der Waals surface area contributed by atoms with Crippen LogP contribution in [-0.4, -0.2) is 10.4 Å². The third kappa shape index (κ3) is 2.95. The highest BCUT2D eigenvalue weighted by Crippen LogP contribution is 1.83. The summed E-state index contributed by atoms with van der Waals surface area (Å²) in [7, 11) is 0. The molecule has 1 aromatic heterocycles. The lowest BCUT2D eigenvalue weighted by atomic mass is 10.5. The van der Waals surface area contributed by atoms with Crippen LogP contribution in [0.4, 0.5) is 0 Å². The molecular weight excluding hydrogens is 185 g/mol. The molecule has 0 aliphatic carbocycles. The predicted octanol–water partition coefficient (Wildman–Crippen LogP) is 1.51. The highest BCUT2D eigenvalue weighted by Gasteiger charge is 1.89. The Labute approximate surface area is 76.2 Å². The van der Waals surface area contributed by atoms with Crippen molar-refractivity contribution in [2.24, 2.45) is 0 Å². The van der Waals surface area contributed by atoms with Gasteiger partial charge in [-0.15, -0.1) is 24.0 Å². The fourth-order valence-electron chi connectivity index (χ4n) is 0.736. The third-order valence-corrected chi connectivity index (χ3v) is 1.39. The van der Waals surface area contributed by atoms with E-state index in [0.717, 1.165) is 0 Å². The van der Waals surface area contributed by atoms with Crippen molar-refractivity contribution in [3.8, 4) is 0 Å². The molecule has 0 radical (unpaired) electrons. The van der Waals surface area contributed by atoms with Gasteiger partial charge in [0.1, 0.15) is 0 Å². The molecular formula is C7H9Cl2NO. The van der Waals surface area contributed by atoms with Crippen molar-refractivity contribution in [3.63, 3.8) is 0 Å². The van der Waals surface area contributed by atoms with Crippen molar-refractivity contribution in [1.82, 2.24) is 4.57 Å². The van der Waals surface area contributed by atoms with Gasteiger partial charge in [0.05, 0.1) is 0 Å². The molecule has 0 N–H and O–H groups in total. The van der Waals surface area contributed by atoms with Gasteiger partial charge in [0, 0.05) is 24.7 Å². The predicted molar refractivity (Wildman–Crippen MR) is 48.7 cm³/mol. The van der Waals surface area contributed by atoms with E-state index in [1.54, 1.807) is 16.8 Å². The van der Waals surface area contributed by atoms with Gasteiger partial charge in [-0.2, -0.15) is 0 Å². The van der Waals surface area contributed by atoms with E-state index in [1.807, 2.05) is 6.07 Å². The lowest BCUT2D eigenvalue weighted by Gasteiger charge is -1.98. The minimum absolute atomic E-state index is 0. The van der Waals surface area contributed by atoms with Crippen LogP contribution in [0.2, 0.25) is 0 Å².